The molecule has 0 bridgehead atoms. The topological polar surface area (TPSA) is 84.1 Å². The Hall–Kier alpha value is -5.12. The molecule has 1 aliphatic carbocycles. The molecule has 0 spiro atoms. The van der Waals surface area contributed by atoms with E-state index in [0.717, 1.165) is 36.8 Å². The van der Waals surface area contributed by atoms with Crippen LogP contribution < -0.4 is 4.74 Å². The van der Waals surface area contributed by atoms with Gasteiger partial charge in [-0.3, -0.25) is 13.9 Å². The van der Waals surface area contributed by atoms with Gasteiger partial charge in [0.05, 0.1) is 48.4 Å². The fraction of sp³-hybridized carbons (Fsp3) is 0.297. The number of aromatic nitrogens is 5. The van der Waals surface area contributed by atoms with Crippen molar-refractivity contribution in [3.05, 3.63) is 108 Å². The molecule has 0 saturated heterocycles. The standard InChI is InChI=1S/C37H35F2N5O3/c1-46-33(45)19-16-24-14-17-26(18-15-24)27-20-28(35(38)43-22-40-29-10-4-6-12-31(29)43)34(42-37(27)47-21-25-8-2-3-9-25)36(39)44-23-41-30-11-5-7-13-32(30)44/h4-7,10-15,17-18,20,22-23,25,35-36H,2-3,8-9,16,19,21H2,1H3. The lowest BCUT2D eigenvalue weighted by atomic mass is 9.99. The maximum atomic E-state index is 16.9. The van der Waals surface area contributed by atoms with Crippen molar-refractivity contribution in [3.8, 4) is 17.0 Å². The van der Waals surface area contributed by atoms with Crippen LogP contribution in [0.25, 0.3) is 33.2 Å². The SMILES string of the molecule is COC(=O)CCc1ccc(-c2cc(C(F)n3cnc4ccccc43)c(C(F)n3cnc4ccccc43)nc2OCC2CCCC2)cc1. The van der Waals surface area contributed by atoms with E-state index in [0.29, 0.717) is 46.6 Å². The van der Waals surface area contributed by atoms with Gasteiger partial charge in [0.1, 0.15) is 5.69 Å². The van der Waals surface area contributed by atoms with Gasteiger partial charge in [-0.2, -0.15) is 0 Å². The van der Waals surface area contributed by atoms with E-state index in [9.17, 15) is 4.79 Å². The molecule has 7 rings (SSSR count). The average Bonchev–Trinajstić information content (AvgIpc) is 3.89. The Kier molecular flexibility index (Phi) is 8.65. The second-order valence-electron chi connectivity index (χ2n) is 12.0. The highest BCUT2D eigenvalue weighted by molar-refractivity contribution is 5.77. The minimum Gasteiger partial charge on any atom is -0.477 e. The third kappa shape index (κ3) is 6.19. The van der Waals surface area contributed by atoms with E-state index in [1.807, 2.05) is 48.5 Å². The van der Waals surface area contributed by atoms with E-state index >= 15 is 8.78 Å². The van der Waals surface area contributed by atoms with Gasteiger partial charge in [0.25, 0.3) is 0 Å². The molecule has 8 nitrogen and oxygen atoms in total. The van der Waals surface area contributed by atoms with Gasteiger partial charge < -0.3 is 9.47 Å². The fourth-order valence-corrected chi connectivity index (χ4v) is 6.40. The Morgan fingerprint density at radius 1 is 0.872 bits per heavy atom. The number of alkyl halides is 2. The van der Waals surface area contributed by atoms with Crippen LogP contribution in [0, 0.1) is 5.92 Å². The lowest BCUT2D eigenvalue weighted by Gasteiger charge is -2.22. The third-order valence-electron chi connectivity index (χ3n) is 9.02. The number of ether oxygens (including phenoxy) is 2. The van der Waals surface area contributed by atoms with E-state index in [4.69, 9.17) is 14.5 Å². The first-order chi connectivity index (χ1) is 23.0. The van der Waals surface area contributed by atoms with E-state index in [1.165, 1.54) is 28.9 Å². The van der Waals surface area contributed by atoms with Gasteiger partial charge >= 0.3 is 5.97 Å². The van der Waals surface area contributed by atoms with Crippen molar-refractivity contribution in [1.82, 2.24) is 24.1 Å². The Morgan fingerprint density at radius 2 is 1.49 bits per heavy atom. The molecule has 10 heteroatoms. The van der Waals surface area contributed by atoms with Crippen LogP contribution in [0.1, 0.15) is 61.5 Å². The van der Waals surface area contributed by atoms with E-state index in [1.54, 1.807) is 30.3 Å². The average molecular weight is 636 g/mol. The highest BCUT2D eigenvalue weighted by Crippen LogP contribution is 2.40. The number of nitrogens with zero attached hydrogens (tertiary/aromatic N) is 5. The number of benzene rings is 3. The first-order valence-electron chi connectivity index (χ1n) is 15.9. The molecule has 1 aliphatic rings. The van der Waals surface area contributed by atoms with Crippen LogP contribution in [-0.4, -0.2) is 43.8 Å². The second-order valence-corrected chi connectivity index (χ2v) is 12.0. The molecular formula is C37H35F2N5O3. The van der Waals surface area contributed by atoms with Gasteiger partial charge in [-0.25, -0.2) is 23.7 Å². The minimum absolute atomic E-state index is 0.0522. The minimum atomic E-state index is -1.85. The summed E-state index contributed by atoms with van der Waals surface area (Å²) >= 11 is 0. The summed E-state index contributed by atoms with van der Waals surface area (Å²) in [6.07, 6.45) is 4.37. The number of methoxy groups -OCH3 is 1. The quantitative estimate of drug-likeness (QED) is 0.134. The first kappa shape index (κ1) is 30.5. The number of esters is 1. The summed E-state index contributed by atoms with van der Waals surface area (Å²) < 4.78 is 47.8. The van der Waals surface area contributed by atoms with Crippen LogP contribution in [0.15, 0.2) is 91.5 Å². The van der Waals surface area contributed by atoms with Crippen LogP contribution in [-0.2, 0) is 16.0 Å². The number of para-hydroxylation sites is 4. The second kappa shape index (κ2) is 13.3. The van der Waals surface area contributed by atoms with E-state index in [2.05, 4.69) is 9.97 Å². The van der Waals surface area contributed by atoms with Crippen LogP contribution in [0.3, 0.4) is 0 Å². The summed E-state index contributed by atoms with van der Waals surface area (Å²) in [5.74, 6) is 0.333. The zero-order chi connectivity index (χ0) is 32.3. The summed E-state index contributed by atoms with van der Waals surface area (Å²) in [5, 5.41) is 0. The summed E-state index contributed by atoms with van der Waals surface area (Å²) in [6, 6.07) is 23.7. The summed E-state index contributed by atoms with van der Waals surface area (Å²) in [4.78, 5) is 25.3. The number of imidazole rings is 2. The summed E-state index contributed by atoms with van der Waals surface area (Å²) in [7, 11) is 1.37. The van der Waals surface area contributed by atoms with Crippen molar-refractivity contribution in [2.45, 2.75) is 51.1 Å². The third-order valence-corrected chi connectivity index (χ3v) is 9.02. The van der Waals surface area contributed by atoms with Crippen molar-refractivity contribution in [2.24, 2.45) is 5.92 Å². The molecule has 1 saturated carbocycles. The Labute approximate surface area is 271 Å². The van der Waals surface area contributed by atoms with Gasteiger partial charge in [-0.1, -0.05) is 61.4 Å². The van der Waals surface area contributed by atoms with Crippen LogP contribution in [0.4, 0.5) is 8.78 Å². The molecule has 0 amide bonds. The number of carbonyl (C=O) groups is 1. The molecule has 240 valence electrons. The monoisotopic (exact) mass is 635 g/mol. The van der Waals surface area contributed by atoms with Gasteiger partial charge in [0.2, 0.25) is 18.5 Å². The zero-order valence-electron chi connectivity index (χ0n) is 26.1. The van der Waals surface area contributed by atoms with Gasteiger partial charge in [-0.15, -0.1) is 0 Å². The van der Waals surface area contributed by atoms with Gasteiger partial charge in [-0.05, 0) is 66.6 Å². The smallest absolute Gasteiger partial charge is 0.305 e. The Balaban J connectivity index is 1.36. The molecule has 2 atom stereocenters. The lowest BCUT2D eigenvalue weighted by molar-refractivity contribution is -0.140. The number of rotatable bonds is 11. The van der Waals surface area contributed by atoms with E-state index in [-0.39, 0.29) is 29.5 Å². The number of carbonyl (C=O) groups excluding carboxylic acids is 1. The van der Waals surface area contributed by atoms with Crippen LogP contribution >= 0.6 is 0 Å². The predicted molar refractivity (Wildman–Crippen MR) is 175 cm³/mol. The van der Waals surface area contributed by atoms with Crippen molar-refractivity contribution < 1.29 is 23.0 Å². The molecule has 3 aromatic carbocycles. The number of hydrogen-bond acceptors (Lipinski definition) is 6. The largest absolute Gasteiger partial charge is 0.477 e. The maximum absolute atomic E-state index is 16.9. The van der Waals surface area contributed by atoms with Crippen LogP contribution in [0.2, 0.25) is 0 Å². The highest BCUT2D eigenvalue weighted by Gasteiger charge is 2.30. The van der Waals surface area contributed by atoms with Crippen molar-refractivity contribution >= 4 is 28.0 Å². The molecule has 6 aromatic rings. The predicted octanol–water partition coefficient (Wildman–Crippen LogP) is 8.16. The number of halogens is 2. The van der Waals surface area contributed by atoms with Crippen molar-refractivity contribution in [1.29, 1.82) is 0 Å². The number of hydrogen-bond donors (Lipinski definition) is 0. The van der Waals surface area contributed by atoms with Crippen LogP contribution in [0.5, 0.6) is 5.88 Å². The first-order valence-corrected chi connectivity index (χ1v) is 15.9. The Bertz CT molecular complexity index is 2020. The summed E-state index contributed by atoms with van der Waals surface area (Å²) in [5.41, 5.74) is 4.58. The molecule has 2 unspecified atom stereocenters. The number of aryl methyl sites for hydroxylation is 1. The maximum Gasteiger partial charge on any atom is 0.305 e. The molecule has 0 N–H and O–H groups in total. The Morgan fingerprint density at radius 3 is 2.13 bits per heavy atom. The molecule has 47 heavy (non-hydrogen) atoms. The molecule has 1 fully saturated rings. The van der Waals surface area contributed by atoms with E-state index < -0.39 is 12.6 Å². The molecule has 0 aliphatic heterocycles. The molecular weight excluding hydrogens is 600 g/mol. The fourth-order valence-electron chi connectivity index (χ4n) is 6.40. The van der Waals surface area contributed by atoms with Gasteiger partial charge in [0, 0.05) is 17.5 Å². The lowest BCUT2D eigenvalue weighted by Crippen LogP contribution is -2.17. The normalized spacial score (nSPS) is 14.9. The zero-order valence-corrected chi connectivity index (χ0v) is 26.1. The van der Waals surface area contributed by atoms with Gasteiger partial charge in [0.15, 0.2) is 0 Å². The molecule has 0 radical (unpaired) electrons. The molecule has 3 aromatic heterocycles. The van der Waals surface area contributed by atoms with Crippen molar-refractivity contribution in [3.63, 3.8) is 0 Å². The highest BCUT2D eigenvalue weighted by atomic mass is 19.1. The summed E-state index contributed by atoms with van der Waals surface area (Å²) in [6.45, 7) is 0.437. The number of fused-ring (bicyclic) bond motifs is 2. The molecule has 3 heterocycles. The van der Waals surface area contributed by atoms with Crippen molar-refractivity contribution in [2.75, 3.05) is 13.7 Å². The number of pyridine rings is 1.